The van der Waals surface area contributed by atoms with E-state index in [1.807, 2.05) is 6.07 Å². The van der Waals surface area contributed by atoms with E-state index in [2.05, 4.69) is 9.71 Å². The monoisotopic (exact) mass is 259 g/mol. The molecule has 1 aromatic rings. The highest BCUT2D eigenvalue weighted by molar-refractivity contribution is 7.89. The van der Waals surface area contributed by atoms with E-state index >= 15 is 0 Å². The fourth-order valence-corrected chi connectivity index (χ4v) is 2.77. The van der Waals surface area contributed by atoms with Gasteiger partial charge in [0.1, 0.15) is 10.0 Å². The lowest BCUT2D eigenvalue weighted by Crippen LogP contribution is -2.32. The van der Waals surface area contributed by atoms with Gasteiger partial charge in [-0.25, -0.2) is 18.1 Å². The molecule has 0 fully saturated rings. The van der Waals surface area contributed by atoms with Crippen LogP contribution in [0.25, 0.3) is 0 Å². The first kappa shape index (κ1) is 12.9. The van der Waals surface area contributed by atoms with E-state index in [1.54, 1.807) is 6.92 Å². The van der Waals surface area contributed by atoms with Crippen LogP contribution in [0.1, 0.15) is 13.3 Å². The van der Waals surface area contributed by atoms with Crippen LogP contribution in [0.4, 0.5) is 0 Å². The van der Waals surface area contributed by atoms with Crippen molar-refractivity contribution in [1.82, 2.24) is 9.71 Å². The maximum Gasteiger partial charge on any atom is 0.243 e. The quantitative estimate of drug-likeness (QED) is 0.827. The molecule has 0 aliphatic rings. The van der Waals surface area contributed by atoms with Crippen molar-refractivity contribution in [2.75, 3.05) is 0 Å². The van der Waals surface area contributed by atoms with Crippen molar-refractivity contribution in [2.24, 2.45) is 0 Å². The predicted molar refractivity (Wildman–Crippen MR) is 59.3 cm³/mol. The molecule has 1 atom stereocenters. The summed E-state index contributed by atoms with van der Waals surface area (Å²) in [7, 11) is -3.71. The fraction of sp³-hybridized carbons (Fsp3) is 0.333. The van der Waals surface area contributed by atoms with Gasteiger partial charge in [-0.15, -0.1) is 0 Å². The van der Waals surface area contributed by atoms with Crippen LogP contribution in [0.2, 0.25) is 5.15 Å². The first-order valence-electron chi connectivity index (χ1n) is 4.47. The normalized spacial score (nSPS) is 13.1. The molecule has 1 rings (SSSR count). The third kappa shape index (κ3) is 3.17. The van der Waals surface area contributed by atoms with Crippen LogP contribution in [-0.4, -0.2) is 19.4 Å². The smallest absolute Gasteiger partial charge is 0.243 e. The van der Waals surface area contributed by atoms with Gasteiger partial charge in [0.05, 0.1) is 12.5 Å². The summed E-state index contributed by atoms with van der Waals surface area (Å²) in [5.74, 6) is 0. The van der Waals surface area contributed by atoms with Gasteiger partial charge in [-0.3, -0.25) is 0 Å². The number of nitrogens with zero attached hydrogens (tertiary/aromatic N) is 2. The number of rotatable bonds is 4. The second-order valence-electron chi connectivity index (χ2n) is 3.18. The van der Waals surface area contributed by atoms with Gasteiger partial charge in [0.15, 0.2) is 0 Å². The molecule has 0 saturated carbocycles. The lowest BCUT2D eigenvalue weighted by molar-refractivity contribution is 0.563. The van der Waals surface area contributed by atoms with Crippen LogP contribution in [0.15, 0.2) is 23.2 Å². The molecule has 0 spiro atoms. The van der Waals surface area contributed by atoms with Crippen molar-refractivity contribution in [1.29, 1.82) is 5.26 Å². The zero-order chi connectivity index (χ0) is 12.2. The fourth-order valence-electron chi connectivity index (χ4n) is 1.08. The summed E-state index contributed by atoms with van der Waals surface area (Å²) in [4.78, 5) is 3.60. The van der Waals surface area contributed by atoms with Crippen molar-refractivity contribution < 1.29 is 8.42 Å². The Labute approximate surface area is 99.1 Å². The highest BCUT2D eigenvalue weighted by Crippen LogP contribution is 2.17. The molecule has 16 heavy (non-hydrogen) atoms. The van der Waals surface area contributed by atoms with Crippen LogP contribution in [-0.2, 0) is 10.0 Å². The minimum absolute atomic E-state index is 0.0820. The number of aromatic nitrogens is 1. The zero-order valence-corrected chi connectivity index (χ0v) is 10.1. The average molecular weight is 260 g/mol. The van der Waals surface area contributed by atoms with Gasteiger partial charge in [-0.05, 0) is 19.1 Å². The average Bonchev–Trinajstić information content (AvgIpc) is 2.17. The van der Waals surface area contributed by atoms with Crippen molar-refractivity contribution >= 4 is 21.6 Å². The topological polar surface area (TPSA) is 82.9 Å². The second-order valence-corrected chi connectivity index (χ2v) is 5.22. The largest absolute Gasteiger partial charge is 0.243 e. The number of sulfonamides is 1. The standard InChI is InChI=1S/C9H10ClN3O2S/c1-7(4-5-11)13-16(14,15)8-3-2-6-12-9(8)10/h2-3,6-7,13H,4H2,1H3. The molecule has 1 heterocycles. The van der Waals surface area contributed by atoms with E-state index in [1.165, 1.54) is 18.3 Å². The summed E-state index contributed by atoms with van der Waals surface area (Å²) in [5.41, 5.74) is 0. The first-order chi connectivity index (χ1) is 7.47. The van der Waals surface area contributed by atoms with Gasteiger partial charge in [-0.2, -0.15) is 5.26 Å². The summed E-state index contributed by atoms with van der Waals surface area (Å²) in [5, 5.41) is 8.35. The Morgan fingerprint density at radius 3 is 2.94 bits per heavy atom. The molecule has 0 aliphatic heterocycles. The van der Waals surface area contributed by atoms with E-state index in [-0.39, 0.29) is 16.5 Å². The molecule has 7 heteroatoms. The van der Waals surface area contributed by atoms with Crippen LogP contribution in [0.3, 0.4) is 0 Å². The lowest BCUT2D eigenvalue weighted by Gasteiger charge is -2.11. The lowest BCUT2D eigenvalue weighted by atomic mass is 10.3. The molecule has 0 saturated heterocycles. The number of pyridine rings is 1. The SMILES string of the molecule is CC(CC#N)NS(=O)(=O)c1cccnc1Cl. The van der Waals surface area contributed by atoms with Crippen molar-refractivity contribution in [3.8, 4) is 6.07 Å². The Hall–Kier alpha value is -1.16. The van der Waals surface area contributed by atoms with Crippen LogP contribution in [0, 0.1) is 11.3 Å². The van der Waals surface area contributed by atoms with E-state index in [9.17, 15) is 8.42 Å². The Balaban J connectivity index is 2.96. The summed E-state index contributed by atoms with van der Waals surface area (Å²) >= 11 is 5.67. The minimum Gasteiger partial charge on any atom is -0.243 e. The molecule has 0 aliphatic carbocycles. The Bertz CT molecular complexity index is 510. The molecule has 5 nitrogen and oxygen atoms in total. The van der Waals surface area contributed by atoms with E-state index < -0.39 is 16.1 Å². The molecule has 1 aromatic heterocycles. The molecule has 86 valence electrons. The molecule has 0 bridgehead atoms. The third-order valence-corrected chi connectivity index (χ3v) is 3.80. The van der Waals surface area contributed by atoms with Crippen LogP contribution in [0.5, 0.6) is 0 Å². The molecule has 0 amide bonds. The zero-order valence-electron chi connectivity index (χ0n) is 8.51. The number of halogens is 1. The van der Waals surface area contributed by atoms with Crippen molar-refractivity contribution in [2.45, 2.75) is 24.3 Å². The van der Waals surface area contributed by atoms with Crippen LogP contribution < -0.4 is 4.72 Å². The molecule has 1 N–H and O–H groups in total. The van der Waals surface area contributed by atoms with Gasteiger partial charge in [-0.1, -0.05) is 11.6 Å². The predicted octanol–water partition coefficient (Wildman–Crippen LogP) is 1.32. The molecular formula is C9H10ClN3O2S. The number of hydrogen-bond acceptors (Lipinski definition) is 4. The number of hydrogen-bond donors (Lipinski definition) is 1. The maximum atomic E-state index is 11.8. The van der Waals surface area contributed by atoms with E-state index in [0.717, 1.165) is 0 Å². The van der Waals surface area contributed by atoms with Gasteiger partial charge >= 0.3 is 0 Å². The molecule has 0 aromatic carbocycles. The molecular weight excluding hydrogens is 250 g/mol. The summed E-state index contributed by atoms with van der Waals surface area (Å²) in [6.45, 7) is 1.60. The Kier molecular flexibility index (Phi) is 4.24. The van der Waals surface area contributed by atoms with Gasteiger partial charge < -0.3 is 0 Å². The second kappa shape index (κ2) is 5.25. The highest BCUT2D eigenvalue weighted by atomic mass is 35.5. The highest BCUT2D eigenvalue weighted by Gasteiger charge is 2.20. The summed E-state index contributed by atoms with van der Waals surface area (Å²) in [6, 6.07) is 4.25. The summed E-state index contributed by atoms with van der Waals surface area (Å²) in [6.07, 6.45) is 1.50. The van der Waals surface area contributed by atoms with Crippen LogP contribution >= 0.6 is 11.6 Å². The minimum atomic E-state index is -3.71. The summed E-state index contributed by atoms with van der Waals surface area (Å²) < 4.78 is 25.9. The Morgan fingerprint density at radius 1 is 1.69 bits per heavy atom. The first-order valence-corrected chi connectivity index (χ1v) is 6.33. The number of nitriles is 1. The number of nitrogens with one attached hydrogen (secondary N) is 1. The third-order valence-electron chi connectivity index (χ3n) is 1.77. The molecule has 0 radical (unpaired) electrons. The van der Waals surface area contributed by atoms with Crippen molar-refractivity contribution in [3.05, 3.63) is 23.5 Å². The van der Waals surface area contributed by atoms with Gasteiger partial charge in [0, 0.05) is 12.2 Å². The van der Waals surface area contributed by atoms with Gasteiger partial charge in [0.25, 0.3) is 0 Å². The van der Waals surface area contributed by atoms with E-state index in [0.29, 0.717) is 0 Å². The molecule has 1 unspecified atom stereocenters. The van der Waals surface area contributed by atoms with E-state index in [4.69, 9.17) is 16.9 Å². The maximum absolute atomic E-state index is 11.8. The van der Waals surface area contributed by atoms with Gasteiger partial charge in [0.2, 0.25) is 10.0 Å². The Morgan fingerprint density at radius 2 is 2.38 bits per heavy atom. The van der Waals surface area contributed by atoms with Crippen molar-refractivity contribution in [3.63, 3.8) is 0 Å².